The zero-order valence-electron chi connectivity index (χ0n) is 28.5. The van der Waals surface area contributed by atoms with Gasteiger partial charge in [-0.15, -0.1) is 0 Å². The van der Waals surface area contributed by atoms with Crippen LogP contribution in [0.15, 0.2) is 88.2 Å². The SMILES string of the molecule is CC=N/C(C)=C(C(/C#Cc1cncnc1)=C\CCC)\C(N)=C(/C)CC.Cc1nsc(-c2ccccc2)c1CSCC1CCC(C)O1. The fourth-order valence-electron chi connectivity index (χ4n) is 4.88. The van der Waals surface area contributed by atoms with Crippen LogP contribution in [-0.4, -0.2) is 38.5 Å². The van der Waals surface area contributed by atoms with Crippen LogP contribution in [-0.2, 0) is 10.5 Å². The molecule has 0 bridgehead atoms. The third kappa shape index (κ3) is 11.4. The van der Waals surface area contributed by atoms with Crippen LogP contribution in [0.3, 0.4) is 0 Å². The predicted molar refractivity (Wildman–Crippen MR) is 198 cm³/mol. The van der Waals surface area contributed by atoms with Crippen LogP contribution in [0.4, 0.5) is 0 Å². The lowest BCUT2D eigenvalue weighted by atomic mass is 9.96. The number of thioether (sulfide) groups is 1. The number of nitrogens with zero attached hydrogens (tertiary/aromatic N) is 4. The Hall–Kier alpha value is -3.51. The Bertz CT molecular complexity index is 1560. The second-order valence-electron chi connectivity index (χ2n) is 11.3. The van der Waals surface area contributed by atoms with Gasteiger partial charge in [0.25, 0.3) is 0 Å². The summed E-state index contributed by atoms with van der Waals surface area (Å²) in [5.41, 5.74) is 15.7. The van der Waals surface area contributed by atoms with Crippen molar-refractivity contribution >= 4 is 29.5 Å². The highest BCUT2D eigenvalue weighted by Gasteiger charge is 2.22. The standard InChI is InChI=1S/C21H28N4.C17H21NOS2/c1-6-9-10-19(12-11-18-13-23-15-24-14-18)20(17(5)25-8-3)21(22)16(4)7-2;1-12-8-9-15(19-12)10-20-11-16-13(2)18-21-17(16)14-6-4-3-5-7-14/h8,10,13-15H,6-7,9,22H2,1-5H3;3-7,12,15H,8-11H2,1-2H3/b19-10-,20-17-,21-16-,25-8?;. The lowest BCUT2D eigenvalue weighted by Gasteiger charge is -2.13. The molecule has 0 saturated carbocycles. The maximum atomic E-state index is 6.46. The molecule has 0 aliphatic carbocycles. The largest absolute Gasteiger partial charge is 0.398 e. The smallest absolute Gasteiger partial charge is 0.115 e. The lowest BCUT2D eigenvalue weighted by molar-refractivity contribution is 0.0700. The summed E-state index contributed by atoms with van der Waals surface area (Å²) in [6.45, 7) is 14.4. The van der Waals surface area contributed by atoms with Crippen molar-refractivity contribution in [2.75, 3.05) is 5.75 Å². The fourth-order valence-corrected chi connectivity index (χ4v) is 7.06. The molecule has 1 aromatic carbocycles. The number of nitrogens with two attached hydrogens (primary N) is 1. The van der Waals surface area contributed by atoms with Gasteiger partial charge in [0, 0.05) is 58.2 Å². The molecular weight excluding hydrogens is 607 g/mol. The lowest BCUT2D eigenvalue weighted by Crippen LogP contribution is -2.11. The molecule has 3 aromatic rings. The average molecular weight is 656 g/mol. The highest BCUT2D eigenvalue weighted by Crippen LogP contribution is 2.34. The number of hydrogen-bond donors (Lipinski definition) is 1. The molecule has 3 heterocycles. The molecule has 2 aromatic heterocycles. The molecule has 6 nitrogen and oxygen atoms in total. The summed E-state index contributed by atoms with van der Waals surface area (Å²) in [7, 11) is 0. The third-order valence-corrected chi connectivity index (χ3v) is 9.77. The van der Waals surface area contributed by atoms with Crippen molar-refractivity contribution < 1.29 is 4.74 Å². The van der Waals surface area contributed by atoms with Crippen LogP contribution < -0.4 is 5.73 Å². The monoisotopic (exact) mass is 655 g/mol. The zero-order valence-corrected chi connectivity index (χ0v) is 30.1. The average Bonchev–Trinajstić information content (AvgIpc) is 3.67. The van der Waals surface area contributed by atoms with Gasteiger partial charge in [0.05, 0.1) is 28.3 Å². The minimum atomic E-state index is 0.442. The van der Waals surface area contributed by atoms with Gasteiger partial charge in [0.15, 0.2) is 0 Å². The van der Waals surface area contributed by atoms with Crippen LogP contribution >= 0.6 is 23.3 Å². The highest BCUT2D eigenvalue weighted by molar-refractivity contribution is 7.98. The molecule has 244 valence electrons. The van der Waals surface area contributed by atoms with Gasteiger partial charge < -0.3 is 10.5 Å². The van der Waals surface area contributed by atoms with E-state index in [0.717, 1.165) is 64.4 Å². The third-order valence-electron chi connectivity index (χ3n) is 7.64. The first kappa shape index (κ1) is 37.0. The van der Waals surface area contributed by atoms with E-state index in [4.69, 9.17) is 10.5 Å². The van der Waals surface area contributed by atoms with Crippen molar-refractivity contribution in [3.63, 3.8) is 0 Å². The van der Waals surface area contributed by atoms with Crippen molar-refractivity contribution in [1.82, 2.24) is 14.3 Å². The number of allylic oxidation sites excluding steroid dienone is 4. The quantitative estimate of drug-likeness (QED) is 0.126. The Morgan fingerprint density at radius 2 is 1.89 bits per heavy atom. The topological polar surface area (TPSA) is 86.3 Å². The van der Waals surface area contributed by atoms with Gasteiger partial charge in [0.1, 0.15) is 6.33 Å². The molecule has 0 amide bonds. The summed E-state index contributed by atoms with van der Waals surface area (Å²) in [6, 6.07) is 10.6. The van der Waals surface area contributed by atoms with E-state index in [1.54, 1.807) is 30.1 Å². The van der Waals surface area contributed by atoms with E-state index in [1.807, 2.05) is 32.5 Å². The second-order valence-corrected chi connectivity index (χ2v) is 13.1. The number of aromatic nitrogens is 3. The number of rotatable bonds is 11. The van der Waals surface area contributed by atoms with E-state index in [-0.39, 0.29) is 0 Å². The van der Waals surface area contributed by atoms with E-state index in [1.165, 1.54) is 40.9 Å². The second kappa shape index (κ2) is 19.9. The number of aryl methyl sites for hydroxylation is 1. The number of ether oxygens (including phenoxy) is 1. The van der Waals surface area contributed by atoms with E-state index >= 15 is 0 Å². The Balaban J connectivity index is 0.000000253. The normalized spacial score (nSPS) is 17.5. The van der Waals surface area contributed by atoms with Crippen LogP contribution in [0.5, 0.6) is 0 Å². The predicted octanol–water partition coefficient (Wildman–Crippen LogP) is 9.48. The molecule has 2 atom stereocenters. The molecule has 1 fully saturated rings. The Kier molecular flexibility index (Phi) is 16.0. The molecule has 1 aliphatic rings. The summed E-state index contributed by atoms with van der Waals surface area (Å²) in [5.74, 6) is 8.51. The van der Waals surface area contributed by atoms with E-state index in [2.05, 4.69) is 95.3 Å². The molecule has 46 heavy (non-hydrogen) atoms. The minimum Gasteiger partial charge on any atom is -0.398 e. The van der Waals surface area contributed by atoms with Crippen molar-refractivity contribution in [1.29, 1.82) is 0 Å². The zero-order chi connectivity index (χ0) is 33.3. The number of hydrogen-bond acceptors (Lipinski definition) is 8. The van der Waals surface area contributed by atoms with Gasteiger partial charge >= 0.3 is 0 Å². The molecule has 8 heteroatoms. The highest BCUT2D eigenvalue weighted by atomic mass is 32.2. The molecule has 0 spiro atoms. The maximum Gasteiger partial charge on any atom is 0.115 e. The summed E-state index contributed by atoms with van der Waals surface area (Å²) in [4.78, 5) is 13.8. The van der Waals surface area contributed by atoms with Crippen molar-refractivity contribution in [2.45, 2.75) is 98.5 Å². The Morgan fingerprint density at radius 1 is 1.15 bits per heavy atom. The van der Waals surface area contributed by atoms with Crippen LogP contribution in [0, 0.1) is 18.8 Å². The number of aliphatic imine (C=N–C) groups is 1. The van der Waals surface area contributed by atoms with Gasteiger partial charge in [-0.2, -0.15) is 16.1 Å². The first-order valence-corrected chi connectivity index (χ1v) is 18.1. The molecule has 2 N–H and O–H groups in total. The van der Waals surface area contributed by atoms with Gasteiger partial charge in [0.2, 0.25) is 0 Å². The number of benzene rings is 1. The van der Waals surface area contributed by atoms with Gasteiger partial charge in [-0.25, -0.2) is 9.97 Å². The van der Waals surface area contributed by atoms with Crippen molar-refractivity contribution in [3.05, 3.63) is 100 Å². The number of unbranched alkanes of at least 4 members (excludes halogenated alkanes) is 1. The van der Waals surface area contributed by atoms with E-state index in [9.17, 15) is 0 Å². The van der Waals surface area contributed by atoms with Crippen molar-refractivity contribution in [3.8, 4) is 22.3 Å². The summed E-state index contributed by atoms with van der Waals surface area (Å²) < 4.78 is 10.4. The van der Waals surface area contributed by atoms with E-state index in [0.29, 0.717) is 12.2 Å². The van der Waals surface area contributed by atoms with Crippen LogP contribution in [0.25, 0.3) is 10.4 Å². The van der Waals surface area contributed by atoms with Gasteiger partial charge in [-0.3, -0.25) is 4.99 Å². The summed E-state index contributed by atoms with van der Waals surface area (Å²) >= 11 is 3.59. The van der Waals surface area contributed by atoms with Gasteiger partial charge in [-0.1, -0.05) is 68.5 Å². The first-order valence-electron chi connectivity index (χ1n) is 16.1. The molecule has 0 radical (unpaired) electrons. The van der Waals surface area contributed by atoms with Crippen LogP contribution in [0.2, 0.25) is 0 Å². The summed E-state index contributed by atoms with van der Waals surface area (Å²) in [5, 5.41) is 0. The van der Waals surface area contributed by atoms with Gasteiger partial charge in [-0.05, 0) is 83.0 Å². The first-order chi connectivity index (χ1) is 22.3. The molecule has 1 aliphatic heterocycles. The Labute approximate surface area is 285 Å². The summed E-state index contributed by atoms with van der Waals surface area (Å²) in [6.07, 6.45) is 15.0. The maximum absolute atomic E-state index is 6.46. The van der Waals surface area contributed by atoms with Crippen molar-refractivity contribution in [2.24, 2.45) is 10.7 Å². The molecular formula is C38H49N5OS2. The Morgan fingerprint density at radius 3 is 2.52 bits per heavy atom. The molecule has 1 saturated heterocycles. The van der Waals surface area contributed by atoms with Crippen LogP contribution in [0.1, 0.15) is 90.5 Å². The molecule has 4 rings (SSSR count). The van der Waals surface area contributed by atoms with E-state index < -0.39 is 0 Å². The molecule has 2 unspecified atom stereocenters. The minimum absolute atomic E-state index is 0.442. The fraction of sp³-hybridized carbons (Fsp3) is 0.421.